The highest BCUT2D eigenvalue weighted by atomic mass is 16.3. The van der Waals surface area contributed by atoms with E-state index < -0.39 is 17.0 Å². The number of aromatic amines is 1. The number of carbonyl (C=O) groups is 1. The molecule has 2 aromatic rings. The summed E-state index contributed by atoms with van der Waals surface area (Å²) in [5.41, 5.74) is 5.51. The van der Waals surface area contributed by atoms with Crippen LogP contribution in [0.5, 0.6) is 0 Å². The number of H-pyrrole nitrogens is 1. The van der Waals surface area contributed by atoms with E-state index in [1.807, 2.05) is 6.92 Å². The van der Waals surface area contributed by atoms with Crippen LogP contribution in [0.1, 0.15) is 30.1 Å². The van der Waals surface area contributed by atoms with Gasteiger partial charge in [-0.2, -0.15) is 0 Å². The second-order valence-corrected chi connectivity index (χ2v) is 5.94. The molecule has 116 valence electrons. The summed E-state index contributed by atoms with van der Waals surface area (Å²) in [6, 6.07) is 6.64. The molecule has 1 aliphatic carbocycles. The molecule has 0 radical (unpaired) electrons. The number of pyridine rings is 1. The van der Waals surface area contributed by atoms with Gasteiger partial charge in [-0.05, 0) is 49.9 Å². The van der Waals surface area contributed by atoms with Crippen LogP contribution < -0.4 is 16.6 Å². The van der Waals surface area contributed by atoms with Gasteiger partial charge in [-0.25, -0.2) is 0 Å². The Morgan fingerprint density at radius 1 is 1.45 bits per heavy atom. The lowest BCUT2D eigenvalue weighted by Gasteiger charge is -2.29. The van der Waals surface area contributed by atoms with Crippen molar-refractivity contribution in [2.75, 3.05) is 6.54 Å². The average Bonchev–Trinajstić information content (AvgIpc) is 3.23. The van der Waals surface area contributed by atoms with E-state index in [-0.39, 0.29) is 5.56 Å². The average molecular weight is 301 g/mol. The van der Waals surface area contributed by atoms with E-state index in [0.29, 0.717) is 23.9 Å². The Kier molecular flexibility index (Phi) is 3.62. The third-order valence-corrected chi connectivity index (χ3v) is 4.24. The number of amides is 1. The van der Waals surface area contributed by atoms with Crippen molar-refractivity contribution >= 4 is 5.91 Å². The molecular weight excluding hydrogens is 282 g/mol. The number of furan rings is 1. The summed E-state index contributed by atoms with van der Waals surface area (Å²) in [4.78, 5) is 27.2. The van der Waals surface area contributed by atoms with Crippen LogP contribution in [0.3, 0.4) is 0 Å². The number of aromatic nitrogens is 1. The normalized spacial score (nSPS) is 17.0. The molecule has 2 aromatic heterocycles. The number of hydrogen-bond acceptors (Lipinski definition) is 4. The summed E-state index contributed by atoms with van der Waals surface area (Å²) in [6.07, 6.45) is 3.64. The molecule has 3 rings (SSSR count). The summed E-state index contributed by atoms with van der Waals surface area (Å²) in [5.74, 6) is 0.545. The fourth-order valence-electron chi connectivity index (χ4n) is 2.59. The number of carbonyl (C=O) groups excluding carboxylic acids is 1. The maximum Gasteiger partial charge on any atom is 0.261 e. The molecule has 1 aliphatic rings. The zero-order chi connectivity index (χ0) is 15.7. The molecule has 4 N–H and O–H groups in total. The van der Waals surface area contributed by atoms with Gasteiger partial charge in [0.2, 0.25) is 0 Å². The Hall–Kier alpha value is -2.34. The molecule has 6 nitrogen and oxygen atoms in total. The van der Waals surface area contributed by atoms with E-state index in [1.165, 1.54) is 12.3 Å². The van der Waals surface area contributed by atoms with Crippen LogP contribution in [0.2, 0.25) is 0 Å². The minimum absolute atomic E-state index is 0.0793. The van der Waals surface area contributed by atoms with Crippen LogP contribution in [-0.2, 0) is 0 Å². The van der Waals surface area contributed by atoms with Gasteiger partial charge >= 0.3 is 0 Å². The first-order chi connectivity index (χ1) is 10.5. The monoisotopic (exact) mass is 301 g/mol. The lowest BCUT2D eigenvalue weighted by atomic mass is 9.95. The molecular formula is C16H19N3O3. The standard InChI is InChI=1S/C16H19N3O3/c1-16(9-17,10-4-5-10)19-15(21)11-6-7-12(18-14(11)20)13-3-2-8-22-13/h2-3,6-8,10H,4-5,9,17H2,1H3,(H,18,20)(H,19,21). The van der Waals surface area contributed by atoms with E-state index in [4.69, 9.17) is 10.2 Å². The molecule has 22 heavy (non-hydrogen) atoms. The Morgan fingerprint density at radius 2 is 2.23 bits per heavy atom. The fourth-order valence-corrected chi connectivity index (χ4v) is 2.59. The minimum atomic E-state index is -0.455. The van der Waals surface area contributed by atoms with Crippen LogP contribution in [0.15, 0.2) is 39.7 Å². The Morgan fingerprint density at radius 3 is 2.77 bits per heavy atom. The van der Waals surface area contributed by atoms with E-state index in [1.54, 1.807) is 18.2 Å². The molecule has 1 fully saturated rings. The van der Waals surface area contributed by atoms with Gasteiger partial charge in [-0.15, -0.1) is 0 Å². The highest BCUT2D eigenvalue weighted by molar-refractivity contribution is 5.94. The second kappa shape index (κ2) is 5.46. The predicted octanol–water partition coefficient (Wildman–Crippen LogP) is 1.49. The Bertz CT molecular complexity index is 731. The highest BCUT2D eigenvalue weighted by Crippen LogP contribution is 2.39. The van der Waals surface area contributed by atoms with Gasteiger partial charge < -0.3 is 20.5 Å². The number of hydrogen-bond donors (Lipinski definition) is 3. The smallest absolute Gasteiger partial charge is 0.261 e. The quantitative estimate of drug-likeness (QED) is 0.778. The van der Waals surface area contributed by atoms with Crippen LogP contribution in [0, 0.1) is 5.92 Å². The Balaban J connectivity index is 1.83. The number of rotatable bonds is 5. The van der Waals surface area contributed by atoms with E-state index in [0.717, 1.165) is 12.8 Å². The van der Waals surface area contributed by atoms with E-state index in [2.05, 4.69) is 10.3 Å². The summed E-state index contributed by atoms with van der Waals surface area (Å²) >= 11 is 0. The maximum absolute atomic E-state index is 12.4. The molecule has 1 atom stereocenters. The molecule has 0 spiro atoms. The summed E-state index contributed by atoms with van der Waals surface area (Å²) in [5, 5.41) is 2.91. The van der Waals surface area contributed by atoms with Gasteiger partial charge in [0, 0.05) is 6.54 Å². The predicted molar refractivity (Wildman–Crippen MR) is 82.4 cm³/mol. The van der Waals surface area contributed by atoms with Gasteiger partial charge in [0.15, 0.2) is 0 Å². The van der Waals surface area contributed by atoms with E-state index >= 15 is 0 Å². The zero-order valence-corrected chi connectivity index (χ0v) is 12.4. The van der Waals surface area contributed by atoms with Crippen molar-refractivity contribution in [1.82, 2.24) is 10.3 Å². The van der Waals surface area contributed by atoms with Gasteiger partial charge in [0.1, 0.15) is 11.3 Å². The fraction of sp³-hybridized carbons (Fsp3) is 0.375. The van der Waals surface area contributed by atoms with Gasteiger partial charge in [-0.3, -0.25) is 9.59 Å². The summed E-state index contributed by atoms with van der Waals surface area (Å²) < 4.78 is 5.23. The van der Waals surface area contributed by atoms with Gasteiger partial charge in [-0.1, -0.05) is 0 Å². The van der Waals surface area contributed by atoms with Crippen molar-refractivity contribution in [2.24, 2.45) is 11.7 Å². The van der Waals surface area contributed by atoms with Crippen molar-refractivity contribution in [2.45, 2.75) is 25.3 Å². The van der Waals surface area contributed by atoms with Gasteiger partial charge in [0.25, 0.3) is 11.5 Å². The van der Waals surface area contributed by atoms with Crippen molar-refractivity contribution in [1.29, 1.82) is 0 Å². The molecule has 0 aromatic carbocycles. The lowest BCUT2D eigenvalue weighted by Crippen LogP contribution is -2.53. The molecule has 0 saturated heterocycles. The maximum atomic E-state index is 12.4. The first-order valence-corrected chi connectivity index (χ1v) is 7.33. The van der Waals surface area contributed by atoms with E-state index in [9.17, 15) is 9.59 Å². The molecule has 2 heterocycles. The number of nitrogens with two attached hydrogens (primary N) is 1. The third kappa shape index (κ3) is 2.69. The SMILES string of the molecule is CC(CN)(NC(=O)c1ccc(-c2ccco2)[nH]c1=O)C1CC1. The lowest BCUT2D eigenvalue weighted by molar-refractivity contribution is 0.0896. The molecule has 6 heteroatoms. The highest BCUT2D eigenvalue weighted by Gasteiger charge is 2.41. The first-order valence-electron chi connectivity index (χ1n) is 7.33. The van der Waals surface area contributed by atoms with Crippen LogP contribution in [0.25, 0.3) is 11.5 Å². The zero-order valence-electron chi connectivity index (χ0n) is 12.4. The topological polar surface area (TPSA) is 101 Å². The minimum Gasteiger partial charge on any atom is -0.463 e. The molecule has 1 amide bonds. The Labute approximate surface area is 127 Å². The summed E-state index contributed by atoms with van der Waals surface area (Å²) in [7, 11) is 0. The molecule has 1 saturated carbocycles. The van der Waals surface area contributed by atoms with Crippen LogP contribution in [0.4, 0.5) is 0 Å². The molecule has 0 aliphatic heterocycles. The van der Waals surface area contributed by atoms with Crippen molar-refractivity contribution in [3.63, 3.8) is 0 Å². The molecule has 0 bridgehead atoms. The van der Waals surface area contributed by atoms with Gasteiger partial charge in [0.05, 0.1) is 17.5 Å². The number of nitrogens with one attached hydrogen (secondary N) is 2. The first kappa shape index (κ1) is 14.6. The van der Waals surface area contributed by atoms with Crippen molar-refractivity contribution in [3.8, 4) is 11.5 Å². The van der Waals surface area contributed by atoms with Crippen molar-refractivity contribution < 1.29 is 9.21 Å². The summed E-state index contributed by atoms with van der Waals surface area (Å²) in [6.45, 7) is 2.28. The van der Waals surface area contributed by atoms with Crippen molar-refractivity contribution in [3.05, 3.63) is 46.4 Å². The third-order valence-electron chi connectivity index (χ3n) is 4.24. The van der Waals surface area contributed by atoms with Crippen LogP contribution >= 0.6 is 0 Å². The largest absolute Gasteiger partial charge is 0.463 e. The molecule has 1 unspecified atom stereocenters. The van der Waals surface area contributed by atoms with Crippen LogP contribution in [-0.4, -0.2) is 23.0 Å². The second-order valence-electron chi connectivity index (χ2n) is 5.94.